The summed E-state index contributed by atoms with van der Waals surface area (Å²) in [5, 5.41) is 3.39. The lowest BCUT2D eigenvalue weighted by Crippen LogP contribution is -2.45. The first kappa shape index (κ1) is 21.3. The fourth-order valence-corrected chi connectivity index (χ4v) is 3.11. The number of para-hydroxylation sites is 1. The van der Waals surface area contributed by atoms with E-state index in [1.807, 2.05) is 74.5 Å². The van der Waals surface area contributed by atoms with Crippen molar-refractivity contribution in [3.05, 3.63) is 95.1 Å². The quantitative estimate of drug-likeness (QED) is 0.411. The molecule has 6 heteroatoms. The van der Waals surface area contributed by atoms with Gasteiger partial charge in [0.1, 0.15) is 5.75 Å². The van der Waals surface area contributed by atoms with E-state index in [-0.39, 0.29) is 12.5 Å². The molecule has 1 amide bonds. The lowest BCUT2D eigenvalue weighted by Gasteiger charge is -2.15. The number of hydrogen-bond acceptors (Lipinski definition) is 3. The van der Waals surface area contributed by atoms with Crippen molar-refractivity contribution in [3.63, 3.8) is 0 Å². The highest BCUT2D eigenvalue weighted by atomic mass is 32.1. The summed E-state index contributed by atoms with van der Waals surface area (Å²) in [5.41, 5.74) is 10.6. The van der Waals surface area contributed by atoms with Crippen molar-refractivity contribution in [1.82, 2.24) is 10.9 Å². The highest BCUT2D eigenvalue weighted by Gasteiger charge is 2.08. The molecule has 0 aromatic heterocycles. The van der Waals surface area contributed by atoms with Gasteiger partial charge in [-0.2, -0.15) is 0 Å². The van der Waals surface area contributed by atoms with Crippen LogP contribution in [-0.4, -0.2) is 17.6 Å². The minimum Gasteiger partial charge on any atom is -0.483 e. The molecule has 0 heterocycles. The Morgan fingerprint density at radius 3 is 2.43 bits per heavy atom. The second-order valence-electron chi connectivity index (χ2n) is 6.93. The van der Waals surface area contributed by atoms with Gasteiger partial charge in [-0.25, -0.2) is 0 Å². The number of amides is 1. The molecule has 0 spiro atoms. The first-order valence-electron chi connectivity index (χ1n) is 9.69. The van der Waals surface area contributed by atoms with Crippen molar-refractivity contribution >= 4 is 28.9 Å². The Morgan fingerprint density at radius 2 is 1.63 bits per heavy atom. The molecular formula is C24H25N3O2S. The predicted molar refractivity (Wildman–Crippen MR) is 125 cm³/mol. The van der Waals surface area contributed by atoms with Crippen molar-refractivity contribution in [3.8, 4) is 5.75 Å². The van der Waals surface area contributed by atoms with Crippen molar-refractivity contribution in [2.45, 2.75) is 20.3 Å². The zero-order valence-electron chi connectivity index (χ0n) is 17.1. The minimum atomic E-state index is -0.324. The predicted octanol–water partition coefficient (Wildman–Crippen LogP) is 4.29. The molecule has 0 fully saturated rings. The number of thiocarbonyl (C=S) groups is 1. The summed E-state index contributed by atoms with van der Waals surface area (Å²) in [6.45, 7) is 3.93. The molecule has 154 valence electrons. The number of hydrazine groups is 1. The number of carbonyl (C=O) groups is 1. The molecule has 3 rings (SSSR count). The minimum absolute atomic E-state index is 0.120. The third kappa shape index (κ3) is 6.06. The van der Waals surface area contributed by atoms with Crippen LogP contribution in [-0.2, 0) is 11.2 Å². The Hall–Kier alpha value is -3.38. The van der Waals surface area contributed by atoms with E-state index in [4.69, 9.17) is 17.0 Å². The molecule has 0 saturated carbocycles. The normalized spacial score (nSPS) is 10.2. The van der Waals surface area contributed by atoms with E-state index in [1.54, 1.807) is 0 Å². The molecule has 0 radical (unpaired) electrons. The summed E-state index contributed by atoms with van der Waals surface area (Å²) >= 11 is 5.25. The first-order chi connectivity index (χ1) is 14.5. The van der Waals surface area contributed by atoms with Crippen molar-refractivity contribution in [1.29, 1.82) is 0 Å². The Kier molecular flexibility index (Phi) is 7.40. The smallest absolute Gasteiger partial charge is 0.276 e. The molecule has 0 aliphatic rings. The van der Waals surface area contributed by atoms with Crippen LogP contribution in [0.3, 0.4) is 0 Å². The van der Waals surface area contributed by atoms with Gasteiger partial charge in [0, 0.05) is 12.1 Å². The van der Waals surface area contributed by atoms with Crippen LogP contribution in [0.5, 0.6) is 5.75 Å². The van der Waals surface area contributed by atoms with Crippen LogP contribution in [0.25, 0.3) is 0 Å². The Balaban J connectivity index is 1.49. The Labute approximate surface area is 182 Å². The summed E-state index contributed by atoms with van der Waals surface area (Å²) in [6.07, 6.45) is 0.737. The number of anilines is 1. The maximum atomic E-state index is 12.2. The molecule has 0 saturated heterocycles. The second-order valence-corrected chi connectivity index (χ2v) is 7.34. The van der Waals surface area contributed by atoms with E-state index in [9.17, 15) is 4.79 Å². The number of ether oxygens (including phenoxy) is 1. The fraction of sp³-hybridized carbons (Fsp3) is 0.167. The van der Waals surface area contributed by atoms with Crippen LogP contribution < -0.4 is 20.9 Å². The van der Waals surface area contributed by atoms with Crippen LogP contribution in [0.2, 0.25) is 0 Å². The molecule has 0 bridgehead atoms. The summed E-state index contributed by atoms with van der Waals surface area (Å²) in [6, 6.07) is 23.8. The molecular weight excluding hydrogens is 394 g/mol. The van der Waals surface area contributed by atoms with E-state index in [2.05, 4.69) is 28.3 Å². The van der Waals surface area contributed by atoms with Crippen LogP contribution in [0.1, 0.15) is 22.3 Å². The van der Waals surface area contributed by atoms with Gasteiger partial charge in [-0.1, -0.05) is 60.7 Å². The molecule has 3 aromatic carbocycles. The topological polar surface area (TPSA) is 62.4 Å². The largest absolute Gasteiger partial charge is 0.483 e. The molecule has 5 nitrogen and oxygen atoms in total. The number of benzene rings is 3. The highest BCUT2D eigenvalue weighted by Crippen LogP contribution is 2.21. The number of rotatable bonds is 6. The molecule has 0 unspecified atom stereocenters. The van der Waals surface area contributed by atoms with Crippen molar-refractivity contribution in [2.75, 3.05) is 11.9 Å². The number of carbonyl (C=O) groups excluding carboxylic acids is 1. The molecule has 3 aromatic rings. The van der Waals surface area contributed by atoms with Crippen LogP contribution in [0.15, 0.2) is 72.8 Å². The Morgan fingerprint density at radius 1 is 0.900 bits per heavy atom. The molecule has 0 aliphatic carbocycles. The molecule has 0 aliphatic heterocycles. The van der Waals surface area contributed by atoms with Crippen LogP contribution in [0.4, 0.5) is 5.69 Å². The number of nitrogens with one attached hydrogen (secondary N) is 3. The van der Waals surface area contributed by atoms with Crippen LogP contribution >= 0.6 is 12.2 Å². The van der Waals surface area contributed by atoms with Gasteiger partial charge in [0.15, 0.2) is 11.7 Å². The maximum absolute atomic E-state index is 12.2. The molecule has 30 heavy (non-hydrogen) atoms. The summed E-state index contributed by atoms with van der Waals surface area (Å²) in [7, 11) is 0. The van der Waals surface area contributed by atoms with Gasteiger partial charge in [0.2, 0.25) is 0 Å². The van der Waals surface area contributed by atoms with Crippen molar-refractivity contribution in [2.24, 2.45) is 0 Å². The summed E-state index contributed by atoms with van der Waals surface area (Å²) in [4.78, 5) is 12.2. The standard InChI is InChI=1S/C24H25N3O2S/c1-17-9-8-13-21(18(17)2)25-24(30)27-26-23(28)16-29-22-14-7-6-12-20(22)15-19-10-4-3-5-11-19/h3-14H,15-16H2,1-2H3,(H,26,28)(H2,25,27,30). The SMILES string of the molecule is Cc1cccc(NC(=S)NNC(=O)COc2ccccc2Cc2ccccc2)c1C. The van der Waals surface area contributed by atoms with Gasteiger partial charge in [0.05, 0.1) is 0 Å². The number of aryl methyl sites for hydroxylation is 1. The first-order valence-corrected chi connectivity index (χ1v) is 10.1. The van der Waals surface area contributed by atoms with E-state index in [1.165, 1.54) is 5.56 Å². The van der Waals surface area contributed by atoms with Gasteiger partial charge in [-0.15, -0.1) is 0 Å². The number of hydrogen-bond donors (Lipinski definition) is 3. The maximum Gasteiger partial charge on any atom is 0.276 e. The molecule has 3 N–H and O–H groups in total. The van der Waals surface area contributed by atoms with E-state index in [0.29, 0.717) is 10.9 Å². The zero-order chi connectivity index (χ0) is 21.3. The van der Waals surface area contributed by atoms with Gasteiger partial charge in [0.25, 0.3) is 5.91 Å². The average molecular weight is 420 g/mol. The van der Waals surface area contributed by atoms with Crippen molar-refractivity contribution < 1.29 is 9.53 Å². The summed E-state index contributed by atoms with van der Waals surface area (Å²) < 4.78 is 5.74. The second kappa shape index (κ2) is 10.4. The average Bonchev–Trinajstić information content (AvgIpc) is 2.75. The fourth-order valence-electron chi connectivity index (χ4n) is 2.95. The lowest BCUT2D eigenvalue weighted by atomic mass is 10.0. The third-order valence-electron chi connectivity index (χ3n) is 4.74. The van der Waals surface area contributed by atoms with E-state index < -0.39 is 0 Å². The van der Waals surface area contributed by atoms with E-state index in [0.717, 1.165) is 28.8 Å². The molecule has 0 atom stereocenters. The van der Waals surface area contributed by atoms with Gasteiger partial charge >= 0.3 is 0 Å². The van der Waals surface area contributed by atoms with E-state index >= 15 is 0 Å². The highest BCUT2D eigenvalue weighted by molar-refractivity contribution is 7.80. The third-order valence-corrected chi connectivity index (χ3v) is 4.94. The Bertz CT molecular complexity index is 1020. The zero-order valence-corrected chi connectivity index (χ0v) is 17.9. The van der Waals surface area contributed by atoms with Gasteiger partial charge in [-0.3, -0.25) is 15.6 Å². The monoisotopic (exact) mass is 419 g/mol. The van der Waals surface area contributed by atoms with Gasteiger partial charge < -0.3 is 10.1 Å². The summed E-state index contributed by atoms with van der Waals surface area (Å²) in [5.74, 6) is 0.363. The van der Waals surface area contributed by atoms with Gasteiger partial charge in [-0.05, 0) is 60.5 Å². The van der Waals surface area contributed by atoms with Crippen LogP contribution in [0, 0.1) is 13.8 Å². The lowest BCUT2D eigenvalue weighted by molar-refractivity contribution is -0.123.